The van der Waals surface area contributed by atoms with Crippen LogP contribution < -0.4 is 4.74 Å². The van der Waals surface area contributed by atoms with Crippen LogP contribution in [0.4, 0.5) is 0 Å². The summed E-state index contributed by atoms with van der Waals surface area (Å²) in [6, 6.07) is 12.3. The van der Waals surface area contributed by atoms with Crippen molar-refractivity contribution in [3.8, 4) is 11.8 Å². The fraction of sp³-hybridized carbons (Fsp3) is 0.357. The molecule has 1 fully saturated rings. The molecule has 0 saturated carbocycles. The lowest BCUT2D eigenvalue weighted by molar-refractivity contribution is -0.0612. The van der Waals surface area contributed by atoms with Gasteiger partial charge in [-0.05, 0) is 41.8 Å². The predicted octanol–water partition coefficient (Wildman–Crippen LogP) is 4.41. The summed E-state index contributed by atoms with van der Waals surface area (Å²) < 4.78 is 11.2. The zero-order chi connectivity index (χ0) is 23.6. The molecule has 2 aliphatic heterocycles. The standard InChI is InChI=1S/C28H27N3O3/c1-28(2)22-12-24(33-3)20(17-6-8-31(9-7-17)18-14-34-15-18)11-21(22)26(32)25-19-5-4-16(13-29)10-23(19)30-27(25)28/h4-6,10-12,18,30H,7-9,14-15H2,1-3H3. The van der Waals surface area contributed by atoms with Crippen molar-refractivity contribution in [2.75, 3.05) is 33.4 Å². The highest BCUT2D eigenvalue weighted by Gasteiger charge is 2.40. The number of benzene rings is 2. The van der Waals surface area contributed by atoms with Crippen molar-refractivity contribution in [2.24, 2.45) is 0 Å². The Kier molecular flexibility index (Phi) is 4.70. The molecule has 3 aromatic rings. The number of carbonyl (C=O) groups is 1. The number of methoxy groups -OCH3 is 1. The van der Waals surface area contributed by atoms with E-state index >= 15 is 0 Å². The first kappa shape index (κ1) is 21.2. The highest BCUT2D eigenvalue weighted by molar-refractivity contribution is 6.20. The van der Waals surface area contributed by atoms with Gasteiger partial charge >= 0.3 is 0 Å². The molecule has 0 bridgehead atoms. The maximum atomic E-state index is 13.9. The smallest absolute Gasteiger partial charge is 0.195 e. The fourth-order valence-electron chi connectivity index (χ4n) is 5.64. The number of nitriles is 1. The van der Waals surface area contributed by atoms with Gasteiger partial charge in [-0.2, -0.15) is 5.26 Å². The second-order valence-corrected chi connectivity index (χ2v) is 9.96. The van der Waals surface area contributed by atoms with Crippen LogP contribution >= 0.6 is 0 Å². The van der Waals surface area contributed by atoms with Crippen LogP contribution in [0.3, 0.4) is 0 Å². The molecule has 0 atom stereocenters. The van der Waals surface area contributed by atoms with Crippen LogP contribution in [0.15, 0.2) is 36.4 Å². The Morgan fingerprint density at radius 2 is 2.03 bits per heavy atom. The first-order chi connectivity index (χ1) is 16.4. The van der Waals surface area contributed by atoms with Gasteiger partial charge in [0.15, 0.2) is 5.78 Å². The molecule has 1 aliphatic carbocycles. The van der Waals surface area contributed by atoms with E-state index in [-0.39, 0.29) is 5.78 Å². The molecule has 0 radical (unpaired) electrons. The molecule has 0 spiro atoms. The van der Waals surface area contributed by atoms with Crippen molar-refractivity contribution < 1.29 is 14.3 Å². The van der Waals surface area contributed by atoms with Gasteiger partial charge in [-0.25, -0.2) is 0 Å². The SMILES string of the molecule is COc1cc2c(cc1C1=CCN(C3COC3)CC1)C(=O)c1c([nH]c3cc(C#N)ccc13)C2(C)C. The average molecular weight is 454 g/mol. The topological polar surface area (TPSA) is 78.3 Å². The van der Waals surface area contributed by atoms with Crippen LogP contribution in [0.5, 0.6) is 5.75 Å². The van der Waals surface area contributed by atoms with Crippen molar-refractivity contribution in [2.45, 2.75) is 31.7 Å². The molecule has 1 aromatic heterocycles. The number of nitrogens with zero attached hydrogens (tertiary/aromatic N) is 2. The summed E-state index contributed by atoms with van der Waals surface area (Å²) in [6.07, 6.45) is 3.18. The maximum Gasteiger partial charge on any atom is 0.195 e. The Morgan fingerprint density at radius 1 is 1.21 bits per heavy atom. The number of carbonyl (C=O) groups excluding carboxylic acids is 1. The monoisotopic (exact) mass is 453 g/mol. The predicted molar refractivity (Wildman–Crippen MR) is 130 cm³/mol. The molecular weight excluding hydrogens is 426 g/mol. The number of hydrogen-bond donors (Lipinski definition) is 1. The molecular formula is C28H27N3O3. The van der Waals surface area contributed by atoms with Gasteiger partial charge in [-0.3, -0.25) is 9.69 Å². The molecule has 0 unspecified atom stereocenters. The fourth-order valence-corrected chi connectivity index (χ4v) is 5.64. The van der Waals surface area contributed by atoms with Crippen LogP contribution in [0.25, 0.3) is 16.5 Å². The van der Waals surface area contributed by atoms with E-state index in [0.717, 1.165) is 71.8 Å². The summed E-state index contributed by atoms with van der Waals surface area (Å²) in [5.41, 5.74) is 6.50. The van der Waals surface area contributed by atoms with Crippen LogP contribution in [0, 0.1) is 11.3 Å². The van der Waals surface area contributed by atoms with E-state index in [0.29, 0.717) is 17.2 Å². The van der Waals surface area contributed by atoms with E-state index in [9.17, 15) is 10.1 Å². The van der Waals surface area contributed by atoms with Crippen LogP contribution in [0.1, 0.15) is 58.6 Å². The van der Waals surface area contributed by atoms with Gasteiger partial charge < -0.3 is 14.5 Å². The number of H-pyrrole nitrogens is 1. The lowest BCUT2D eigenvalue weighted by Gasteiger charge is -2.39. The lowest BCUT2D eigenvalue weighted by atomic mass is 9.70. The number of hydrogen-bond acceptors (Lipinski definition) is 5. The highest BCUT2D eigenvalue weighted by Crippen LogP contribution is 2.46. The summed E-state index contributed by atoms with van der Waals surface area (Å²) in [6.45, 7) is 7.77. The maximum absolute atomic E-state index is 13.9. The number of nitrogens with one attached hydrogen (secondary N) is 1. The number of ether oxygens (including phenoxy) is 2. The van der Waals surface area contributed by atoms with Crippen LogP contribution in [0.2, 0.25) is 0 Å². The minimum absolute atomic E-state index is 0.0221. The summed E-state index contributed by atoms with van der Waals surface area (Å²) in [5.74, 6) is 0.825. The van der Waals surface area contributed by atoms with Crippen molar-refractivity contribution in [3.63, 3.8) is 0 Å². The Bertz CT molecular complexity index is 1420. The lowest BCUT2D eigenvalue weighted by Crippen LogP contribution is -2.50. The van der Waals surface area contributed by atoms with Gasteiger partial charge in [0.05, 0.1) is 43.6 Å². The normalized spacial score (nSPS) is 19.7. The van der Waals surface area contributed by atoms with E-state index < -0.39 is 5.41 Å². The minimum Gasteiger partial charge on any atom is -0.496 e. The summed E-state index contributed by atoms with van der Waals surface area (Å²) in [5, 5.41) is 10.2. The minimum atomic E-state index is -0.418. The Hall–Kier alpha value is -3.40. The number of aromatic amines is 1. The molecule has 3 aliphatic rings. The molecule has 172 valence electrons. The highest BCUT2D eigenvalue weighted by atomic mass is 16.5. The molecule has 0 amide bonds. The Morgan fingerprint density at radius 3 is 2.68 bits per heavy atom. The van der Waals surface area contributed by atoms with Crippen molar-refractivity contribution in [3.05, 3.63) is 69.9 Å². The molecule has 6 heteroatoms. The number of rotatable bonds is 3. The van der Waals surface area contributed by atoms with Gasteiger partial charge in [-0.1, -0.05) is 26.0 Å². The van der Waals surface area contributed by atoms with E-state index in [1.165, 1.54) is 5.57 Å². The zero-order valence-corrected chi connectivity index (χ0v) is 19.7. The molecule has 3 heterocycles. The number of aromatic nitrogens is 1. The molecule has 1 N–H and O–H groups in total. The largest absolute Gasteiger partial charge is 0.496 e. The molecule has 2 aromatic carbocycles. The molecule has 6 rings (SSSR count). The van der Waals surface area contributed by atoms with Crippen LogP contribution in [-0.4, -0.2) is 55.1 Å². The average Bonchev–Trinajstić information content (AvgIpc) is 3.21. The molecule has 34 heavy (non-hydrogen) atoms. The van der Waals surface area contributed by atoms with Gasteiger partial charge in [0.2, 0.25) is 0 Å². The van der Waals surface area contributed by atoms with E-state index in [4.69, 9.17) is 9.47 Å². The summed E-state index contributed by atoms with van der Waals surface area (Å²) >= 11 is 0. The van der Waals surface area contributed by atoms with E-state index in [2.05, 4.69) is 35.9 Å². The third-order valence-corrected chi connectivity index (χ3v) is 7.76. The quantitative estimate of drug-likeness (QED) is 0.636. The summed E-state index contributed by atoms with van der Waals surface area (Å²) in [4.78, 5) is 19.8. The van der Waals surface area contributed by atoms with Gasteiger partial charge in [-0.15, -0.1) is 0 Å². The Labute approximate surface area is 198 Å². The summed E-state index contributed by atoms with van der Waals surface area (Å²) in [7, 11) is 1.70. The van der Waals surface area contributed by atoms with Gasteiger partial charge in [0, 0.05) is 46.2 Å². The van der Waals surface area contributed by atoms with Crippen LogP contribution in [-0.2, 0) is 10.2 Å². The number of fused-ring (bicyclic) bond motifs is 4. The van der Waals surface area contributed by atoms with E-state index in [1.54, 1.807) is 13.2 Å². The van der Waals surface area contributed by atoms with Crippen molar-refractivity contribution >= 4 is 22.3 Å². The van der Waals surface area contributed by atoms with Crippen molar-refractivity contribution in [1.82, 2.24) is 9.88 Å². The third-order valence-electron chi connectivity index (χ3n) is 7.76. The van der Waals surface area contributed by atoms with Crippen molar-refractivity contribution in [1.29, 1.82) is 5.26 Å². The second-order valence-electron chi connectivity index (χ2n) is 9.96. The zero-order valence-electron chi connectivity index (χ0n) is 19.7. The third kappa shape index (κ3) is 2.97. The second kappa shape index (κ2) is 7.56. The first-order valence-electron chi connectivity index (χ1n) is 11.8. The Balaban J connectivity index is 1.47. The van der Waals surface area contributed by atoms with Gasteiger partial charge in [0.1, 0.15) is 5.75 Å². The van der Waals surface area contributed by atoms with E-state index in [1.807, 2.05) is 24.3 Å². The molecule has 1 saturated heterocycles. The first-order valence-corrected chi connectivity index (χ1v) is 11.8. The molecule has 6 nitrogen and oxygen atoms in total. The number of ketones is 1. The van der Waals surface area contributed by atoms with Gasteiger partial charge in [0.25, 0.3) is 0 Å².